The number of hydrogen-bond donors (Lipinski definition) is 2. The Hall–Kier alpha value is -2.04. The van der Waals surface area contributed by atoms with Gasteiger partial charge in [-0.25, -0.2) is 0 Å². The molecule has 0 aliphatic carbocycles. The summed E-state index contributed by atoms with van der Waals surface area (Å²) in [5, 5.41) is 12.2. The largest absolute Gasteiger partial charge is 0.484 e. The zero-order valence-corrected chi connectivity index (χ0v) is 14.8. The summed E-state index contributed by atoms with van der Waals surface area (Å²) in [5.74, 6) is 1.51. The number of nitrogens with one attached hydrogen (secondary N) is 2. The van der Waals surface area contributed by atoms with Crippen LogP contribution in [0.25, 0.3) is 0 Å². The predicted octanol–water partition coefficient (Wildman–Crippen LogP) is 1.83. The highest BCUT2D eigenvalue weighted by molar-refractivity contribution is 9.10. The molecular formula is C16H20BrN4O2+. The molecular weight excluding hydrogens is 360 g/mol. The van der Waals surface area contributed by atoms with Gasteiger partial charge in [0.1, 0.15) is 11.8 Å². The summed E-state index contributed by atoms with van der Waals surface area (Å²) in [6.45, 7) is 1.96. The lowest BCUT2D eigenvalue weighted by Gasteiger charge is -2.07. The van der Waals surface area contributed by atoms with Crippen molar-refractivity contribution < 1.29 is 14.1 Å². The van der Waals surface area contributed by atoms with Crippen molar-refractivity contribution in [2.24, 2.45) is 0 Å². The van der Waals surface area contributed by atoms with Crippen LogP contribution in [0.5, 0.6) is 5.75 Å². The predicted molar refractivity (Wildman–Crippen MR) is 90.5 cm³/mol. The molecule has 2 aromatic rings. The third kappa shape index (κ3) is 5.58. The van der Waals surface area contributed by atoms with E-state index in [0.717, 1.165) is 24.0 Å². The first-order chi connectivity index (χ1) is 11.1. The maximum atomic E-state index is 9.13. The maximum Gasteiger partial charge on any atom is 0.236 e. The summed E-state index contributed by atoms with van der Waals surface area (Å²) < 4.78 is 12.2. The Bertz CT molecular complexity index is 662. The highest BCUT2D eigenvalue weighted by Gasteiger charge is 2.13. The van der Waals surface area contributed by atoms with Gasteiger partial charge in [-0.3, -0.25) is 0 Å². The Balaban J connectivity index is 1.90. The van der Waals surface area contributed by atoms with Crippen molar-refractivity contribution in [3.8, 4) is 11.8 Å². The number of benzene rings is 1. The number of nitriles is 1. The van der Waals surface area contributed by atoms with Crippen molar-refractivity contribution >= 4 is 21.8 Å². The lowest BCUT2D eigenvalue weighted by molar-refractivity contribution is -0.858. The summed E-state index contributed by atoms with van der Waals surface area (Å²) in [6, 6.07) is 9.52. The Labute approximate surface area is 144 Å². The van der Waals surface area contributed by atoms with E-state index in [0.29, 0.717) is 17.5 Å². The maximum absolute atomic E-state index is 9.13. The Morgan fingerprint density at radius 1 is 1.35 bits per heavy atom. The molecule has 2 N–H and O–H groups in total. The minimum absolute atomic E-state index is 0.180. The molecule has 2 rings (SSSR count). The summed E-state index contributed by atoms with van der Waals surface area (Å²) in [6.07, 6.45) is 0.985. The number of anilines is 1. The topological polar surface area (TPSA) is 75.5 Å². The van der Waals surface area contributed by atoms with E-state index in [-0.39, 0.29) is 12.3 Å². The third-order valence-corrected chi connectivity index (χ3v) is 3.62. The summed E-state index contributed by atoms with van der Waals surface area (Å²) in [7, 11) is 4.21. The monoisotopic (exact) mass is 379 g/mol. The molecule has 0 spiro atoms. The number of rotatable bonds is 8. The van der Waals surface area contributed by atoms with Crippen LogP contribution in [0.1, 0.15) is 18.0 Å². The average molecular weight is 380 g/mol. The van der Waals surface area contributed by atoms with E-state index in [1.54, 1.807) is 0 Å². The molecule has 122 valence electrons. The molecule has 6 nitrogen and oxygen atoms in total. The summed E-state index contributed by atoms with van der Waals surface area (Å²) in [5.41, 5.74) is 0.261. The van der Waals surface area contributed by atoms with Crippen LogP contribution in [0.15, 0.2) is 33.2 Å². The highest BCUT2D eigenvalue weighted by atomic mass is 79.9. The van der Waals surface area contributed by atoms with E-state index in [9.17, 15) is 0 Å². The van der Waals surface area contributed by atoms with Crippen LogP contribution in [-0.4, -0.2) is 32.2 Å². The molecule has 1 heterocycles. The van der Waals surface area contributed by atoms with Gasteiger partial charge in [0, 0.05) is 17.4 Å². The first-order valence-corrected chi connectivity index (χ1v) is 8.19. The highest BCUT2D eigenvalue weighted by Crippen LogP contribution is 2.20. The Kier molecular flexibility index (Phi) is 6.44. The first kappa shape index (κ1) is 17.3. The van der Waals surface area contributed by atoms with Gasteiger partial charge in [0.25, 0.3) is 0 Å². The van der Waals surface area contributed by atoms with Gasteiger partial charge in [-0.15, -0.1) is 0 Å². The Morgan fingerprint density at radius 2 is 2.09 bits per heavy atom. The van der Waals surface area contributed by atoms with Gasteiger partial charge in [0.15, 0.2) is 6.61 Å². The zero-order valence-electron chi connectivity index (χ0n) is 13.2. The Morgan fingerprint density at radius 3 is 2.74 bits per heavy atom. The molecule has 0 aliphatic rings. The lowest BCUT2D eigenvalue weighted by atomic mass is 10.3. The number of halogens is 1. The van der Waals surface area contributed by atoms with Crippen LogP contribution in [0.4, 0.5) is 5.88 Å². The second-order valence-electron chi connectivity index (χ2n) is 5.38. The number of nitrogens with zero attached hydrogens (tertiary/aromatic N) is 2. The van der Waals surface area contributed by atoms with E-state index in [2.05, 4.69) is 40.3 Å². The molecule has 1 aromatic carbocycles. The van der Waals surface area contributed by atoms with Crippen molar-refractivity contribution in [1.29, 1.82) is 5.26 Å². The van der Waals surface area contributed by atoms with E-state index in [4.69, 9.17) is 14.4 Å². The molecule has 0 atom stereocenters. The molecule has 0 saturated heterocycles. The minimum Gasteiger partial charge on any atom is -0.484 e. The summed E-state index contributed by atoms with van der Waals surface area (Å²) in [4.78, 5) is 5.53. The standard InChI is InChI=1S/C16H19BrN4O2/c1-21(2)9-3-8-19-16-14(10-18)20-15(23-16)11-22-13-6-4-12(17)5-7-13/h4-7,19H,3,8-9,11H2,1-2H3/p+1. The zero-order chi connectivity index (χ0) is 16.7. The van der Waals surface area contributed by atoms with Gasteiger partial charge >= 0.3 is 0 Å². The third-order valence-electron chi connectivity index (χ3n) is 3.09. The molecule has 0 saturated carbocycles. The van der Waals surface area contributed by atoms with Gasteiger partial charge in [0.05, 0.1) is 20.6 Å². The van der Waals surface area contributed by atoms with Crippen molar-refractivity contribution in [2.45, 2.75) is 13.0 Å². The number of hydrogen-bond acceptors (Lipinski definition) is 5. The van der Waals surface area contributed by atoms with E-state index in [1.165, 1.54) is 4.90 Å². The number of ether oxygens (including phenoxy) is 1. The van der Waals surface area contributed by atoms with E-state index in [1.807, 2.05) is 30.3 Å². The molecule has 0 aliphatic heterocycles. The van der Waals surface area contributed by atoms with Crippen molar-refractivity contribution in [3.63, 3.8) is 0 Å². The second kappa shape index (κ2) is 8.56. The average Bonchev–Trinajstić information content (AvgIpc) is 2.93. The van der Waals surface area contributed by atoms with Crippen LogP contribution >= 0.6 is 15.9 Å². The second-order valence-corrected chi connectivity index (χ2v) is 6.29. The van der Waals surface area contributed by atoms with Crippen molar-refractivity contribution in [1.82, 2.24) is 4.98 Å². The van der Waals surface area contributed by atoms with E-state index >= 15 is 0 Å². The molecule has 23 heavy (non-hydrogen) atoms. The number of quaternary nitrogens is 1. The van der Waals surface area contributed by atoms with Crippen LogP contribution in [0, 0.1) is 11.3 Å². The SMILES string of the molecule is C[NH+](C)CCCNc1oc(COc2ccc(Br)cc2)nc1C#N. The van der Waals surface area contributed by atoms with Crippen LogP contribution in [-0.2, 0) is 6.61 Å². The number of oxazole rings is 1. The minimum atomic E-state index is 0.180. The van der Waals surface area contributed by atoms with Gasteiger partial charge in [-0.1, -0.05) is 15.9 Å². The van der Waals surface area contributed by atoms with Crippen LogP contribution in [0.2, 0.25) is 0 Å². The van der Waals surface area contributed by atoms with Crippen molar-refractivity contribution in [3.05, 3.63) is 40.3 Å². The molecule has 0 radical (unpaired) electrons. The van der Waals surface area contributed by atoms with Crippen LogP contribution < -0.4 is 15.0 Å². The van der Waals surface area contributed by atoms with Gasteiger partial charge in [-0.05, 0) is 24.3 Å². The van der Waals surface area contributed by atoms with E-state index < -0.39 is 0 Å². The molecule has 0 amide bonds. The molecule has 0 fully saturated rings. The van der Waals surface area contributed by atoms with Gasteiger partial charge in [-0.2, -0.15) is 10.2 Å². The van der Waals surface area contributed by atoms with Gasteiger partial charge < -0.3 is 19.4 Å². The normalized spacial score (nSPS) is 10.6. The molecule has 0 unspecified atom stereocenters. The molecule has 7 heteroatoms. The fourth-order valence-electron chi connectivity index (χ4n) is 1.94. The molecule has 1 aromatic heterocycles. The van der Waals surface area contributed by atoms with Crippen LogP contribution in [0.3, 0.4) is 0 Å². The number of aromatic nitrogens is 1. The first-order valence-electron chi connectivity index (χ1n) is 7.39. The lowest BCUT2D eigenvalue weighted by Crippen LogP contribution is -3.05. The fraction of sp³-hybridized carbons (Fsp3) is 0.375. The quantitative estimate of drug-likeness (QED) is 0.684. The van der Waals surface area contributed by atoms with Gasteiger partial charge in [0.2, 0.25) is 17.5 Å². The van der Waals surface area contributed by atoms with Crippen molar-refractivity contribution in [2.75, 3.05) is 32.5 Å². The summed E-state index contributed by atoms with van der Waals surface area (Å²) >= 11 is 3.37. The molecule has 0 bridgehead atoms. The smallest absolute Gasteiger partial charge is 0.236 e. The fourth-order valence-corrected chi connectivity index (χ4v) is 2.21.